The third kappa shape index (κ3) is 4.23. The van der Waals surface area contributed by atoms with E-state index in [0.717, 1.165) is 48.5 Å². The maximum Gasteiger partial charge on any atom is 0.134 e. The number of aromatic nitrogens is 4. The fraction of sp³-hybridized carbons (Fsp3) is 0.450. The lowest BCUT2D eigenvalue weighted by Gasteiger charge is -2.27. The van der Waals surface area contributed by atoms with Gasteiger partial charge in [-0.2, -0.15) is 5.10 Å². The number of aromatic amines is 1. The van der Waals surface area contributed by atoms with Gasteiger partial charge in [-0.1, -0.05) is 6.07 Å². The van der Waals surface area contributed by atoms with Crippen LogP contribution in [-0.2, 0) is 6.42 Å². The Morgan fingerprint density at radius 3 is 3.04 bits per heavy atom. The second kappa shape index (κ2) is 8.12. The number of hydrogen-bond acceptors (Lipinski definition) is 7. The average Bonchev–Trinajstić information content (AvgIpc) is 3.27. The minimum Gasteiger partial charge on any atom is -0.391 e. The Balaban J connectivity index is 1.39. The van der Waals surface area contributed by atoms with E-state index in [1.165, 1.54) is 5.56 Å². The molecule has 3 aromatic rings. The van der Waals surface area contributed by atoms with Crippen LogP contribution in [0.1, 0.15) is 12.0 Å². The summed E-state index contributed by atoms with van der Waals surface area (Å²) in [6, 6.07) is 8.56. The Morgan fingerprint density at radius 2 is 2.18 bits per heavy atom. The number of β-amino-alcohol motifs (C(OH)–C–C–N with tert-alkyl or cyclic N) is 1. The van der Waals surface area contributed by atoms with Crippen molar-refractivity contribution in [1.82, 2.24) is 25.1 Å². The van der Waals surface area contributed by atoms with Crippen LogP contribution in [0.25, 0.3) is 10.9 Å². The molecule has 0 spiro atoms. The molecule has 4 rings (SSSR count). The van der Waals surface area contributed by atoms with Gasteiger partial charge in [0, 0.05) is 37.1 Å². The van der Waals surface area contributed by atoms with Gasteiger partial charge < -0.3 is 20.2 Å². The molecule has 0 unspecified atom stereocenters. The molecule has 3 heterocycles. The SMILES string of the molecule is CN(C)C[C@H]1C[C@@H](O)CN1c1cc(NCCc2ccc3[nH]ncc3c2)ncn1. The normalized spacial score (nSPS) is 19.6. The van der Waals surface area contributed by atoms with Crippen LogP contribution in [0.5, 0.6) is 0 Å². The molecule has 3 N–H and O–H groups in total. The summed E-state index contributed by atoms with van der Waals surface area (Å²) in [7, 11) is 4.10. The molecule has 148 valence electrons. The highest BCUT2D eigenvalue weighted by atomic mass is 16.3. The van der Waals surface area contributed by atoms with E-state index in [9.17, 15) is 5.11 Å². The van der Waals surface area contributed by atoms with E-state index in [1.54, 1.807) is 6.33 Å². The molecule has 28 heavy (non-hydrogen) atoms. The Hall–Kier alpha value is -2.71. The van der Waals surface area contributed by atoms with E-state index >= 15 is 0 Å². The molecule has 0 amide bonds. The molecule has 8 nitrogen and oxygen atoms in total. The number of H-pyrrole nitrogens is 1. The zero-order valence-electron chi connectivity index (χ0n) is 16.3. The van der Waals surface area contributed by atoms with Crippen molar-refractivity contribution in [2.24, 2.45) is 0 Å². The number of anilines is 2. The van der Waals surface area contributed by atoms with Gasteiger partial charge in [0.1, 0.15) is 18.0 Å². The van der Waals surface area contributed by atoms with Crippen molar-refractivity contribution < 1.29 is 5.11 Å². The van der Waals surface area contributed by atoms with E-state index < -0.39 is 0 Å². The number of rotatable bonds is 7. The van der Waals surface area contributed by atoms with Gasteiger partial charge in [0.2, 0.25) is 0 Å². The average molecular weight is 381 g/mol. The van der Waals surface area contributed by atoms with E-state index in [1.807, 2.05) is 12.3 Å². The van der Waals surface area contributed by atoms with Crippen molar-refractivity contribution >= 4 is 22.5 Å². The summed E-state index contributed by atoms with van der Waals surface area (Å²) in [6.07, 6.45) is 4.78. The van der Waals surface area contributed by atoms with Crippen molar-refractivity contribution in [1.29, 1.82) is 0 Å². The summed E-state index contributed by atoms with van der Waals surface area (Å²) in [5, 5.41) is 21.7. The summed E-state index contributed by atoms with van der Waals surface area (Å²) < 4.78 is 0. The standard InChI is InChI=1S/C20H27N7O/c1-26(2)11-16-8-17(28)12-27(16)20-9-19(22-13-23-20)21-6-5-14-3-4-18-15(7-14)10-24-25-18/h3-4,7,9-10,13,16-17,28H,5-6,8,11-12H2,1-2H3,(H,24,25)(H,21,22,23)/t16-,17-/m1/s1. The monoisotopic (exact) mass is 381 g/mol. The van der Waals surface area contributed by atoms with Gasteiger partial charge in [0.05, 0.1) is 17.8 Å². The second-order valence-electron chi connectivity index (χ2n) is 7.69. The Bertz CT molecular complexity index is 926. The Labute approximate surface area is 164 Å². The Morgan fingerprint density at radius 1 is 1.29 bits per heavy atom. The quantitative estimate of drug-likeness (QED) is 0.571. The molecule has 2 atom stereocenters. The number of hydrogen-bond donors (Lipinski definition) is 3. The molecule has 1 aliphatic rings. The van der Waals surface area contributed by atoms with E-state index in [-0.39, 0.29) is 12.1 Å². The lowest BCUT2D eigenvalue weighted by molar-refractivity contribution is 0.191. The highest BCUT2D eigenvalue weighted by Gasteiger charge is 2.32. The Kier molecular flexibility index (Phi) is 5.40. The number of fused-ring (bicyclic) bond motifs is 1. The first-order chi connectivity index (χ1) is 13.6. The highest BCUT2D eigenvalue weighted by Crippen LogP contribution is 2.25. The molecule has 1 saturated heterocycles. The van der Waals surface area contributed by atoms with Crippen LogP contribution in [0.15, 0.2) is 36.8 Å². The van der Waals surface area contributed by atoms with Crippen molar-refractivity contribution in [2.45, 2.75) is 25.0 Å². The third-order valence-electron chi connectivity index (χ3n) is 5.14. The van der Waals surface area contributed by atoms with Crippen LogP contribution < -0.4 is 10.2 Å². The van der Waals surface area contributed by atoms with E-state index in [2.05, 4.69) is 67.6 Å². The first-order valence-electron chi connectivity index (χ1n) is 9.66. The van der Waals surface area contributed by atoms with Crippen molar-refractivity contribution in [3.8, 4) is 0 Å². The largest absolute Gasteiger partial charge is 0.391 e. The van der Waals surface area contributed by atoms with Gasteiger partial charge in [-0.15, -0.1) is 0 Å². The van der Waals surface area contributed by atoms with Gasteiger partial charge in [-0.25, -0.2) is 9.97 Å². The summed E-state index contributed by atoms with van der Waals surface area (Å²) in [4.78, 5) is 13.1. The van der Waals surface area contributed by atoms with E-state index in [0.29, 0.717) is 6.54 Å². The maximum absolute atomic E-state index is 10.1. The van der Waals surface area contributed by atoms with Crippen LogP contribution in [0.4, 0.5) is 11.6 Å². The number of nitrogens with zero attached hydrogens (tertiary/aromatic N) is 5. The molecule has 8 heteroatoms. The fourth-order valence-corrected chi connectivity index (χ4v) is 3.85. The van der Waals surface area contributed by atoms with E-state index in [4.69, 9.17) is 0 Å². The summed E-state index contributed by atoms with van der Waals surface area (Å²) >= 11 is 0. The number of benzene rings is 1. The minimum atomic E-state index is -0.311. The molecule has 0 aliphatic carbocycles. The second-order valence-corrected chi connectivity index (χ2v) is 7.69. The van der Waals surface area contributed by atoms with Gasteiger partial charge >= 0.3 is 0 Å². The number of aliphatic hydroxyl groups is 1. The van der Waals surface area contributed by atoms with Crippen LogP contribution in [0.3, 0.4) is 0 Å². The predicted molar refractivity (Wildman–Crippen MR) is 111 cm³/mol. The van der Waals surface area contributed by atoms with Gasteiger partial charge in [0.15, 0.2) is 0 Å². The van der Waals surface area contributed by atoms with Crippen molar-refractivity contribution in [3.63, 3.8) is 0 Å². The van der Waals surface area contributed by atoms with Crippen LogP contribution in [-0.4, -0.2) is 76.0 Å². The molecule has 1 fully saturated rings. The fourth-order valence-electron chi connectivity index (χ4n) is 3.85. The van der Waals surface area contributed by atoms with Crippen LogP contribution in [0.2, 0.25) is 0 Å². The first kappa shape index (κ1) is 18.6. The smallest absolute Gasteiger partial charge is 0.134 e. The van der Waals surface area contributed by atoms with Crippen molar-refractivity contribution in [2.75, 3.05) is 43.9 Å². The molecule has 0 bridgehead atoms. The molecule has 1 aromatic carbocycles. The summed E-state index contributed by atoms with van der Waals surface area (Å²) in [6.45, 7) is 2.28. The number of likely N-dealkylation sites (N-methyl/N-ethyl adjacent to an activating group) is 1. The zero-order valence-corrected chi connectivity index (χ0v) is 16.3. The number of aliphatic hydroxyl groups excluding tert-OH is 1. The highest BCUT2D eigenvalue weighted by molar-refractivity contribution is 5.78. The first-order valence-corrected chi connectivity index (χ1v) is 9.66. The molecule has 0 saturated carbocycles. The molecule has 1 aliphatic heterocycles. The number of nitrogens with one attached hydrogen (secondary N) is 2. The zero-order chi connectivity index (χ0) is 19.5. The van der Waals surface area contributed by atoms with Crippen LogP contribution >= 0.6 is 0 Å². The third-order valence-corrected chi connectivity index (χ3v) is 5.14. The lowest BCUT2D eigenvalue weighted by atomic mass is 10.1. The maximum atomic E-state index is 10.1. The van der Waals surface area contributed by atoms with Crippen LogP contribution in [0, 0.1) is 0 Å². The topological polar surface area (TPSA) is 93.2 Å². The van der Waals surface area contributed by atoms with Gasteiger partial charge in [-0.05, 0) is 44.6 Å². The molecule has 0 radical (unpaired) electrons. The predicted octanol–water partition coefficient (Wildman–Crippen LogP) is 1.51. The lowest BCUT2D eigenvalue weighted by Crippen LogP contribution is -2.38. The molecular formula is C20H27N7O. The van der Waals surface area contributed by atoms with Crippen molar-refractivity contribution in [3.05, 3.63) is 42.4 Å². The summed E-state index contributed by atoms with van der Waals surface area (Å²) in [5.41, 5.74) is 2.31. The molecule has 2 aromatic heterocycles. The van der Waals surface area contributed by atoms with Gasteiger partial charge in [-0.3, -0.25) is 5.10 Å². The summed E-state index contributed by atoms with van der Waals surface area (Å²) in [5.74, 6) is 1.67. The molecular weight excluding hydrogens is 354 g/mol. The minimum absolute atomic E-state index is 0.259. The van der Waals surface area contributed by atoms with Gasteiger partial charge in [0.25, 0.3) is 0 Å².